The molecule has 0 bridgehead atoms. The van der Waals surface area contributed by atoms with Crippen LogP contribution in [-0.2, 0) is 0 Å². The fourth-order valence-electron chi connectivity index (χ4n) is 5.42. The lowest BCUT2D eigenvalue weighted by atomic mass is 9.64. The Hall–Kier alpha value is -1.06. The standard InChI is InChI=1S/C23H37N3/c1-19(2)21-8-10-23(11-9-21)16-25(17-23)18-24-12-14-26(15-13-24)22-6-4-20(3)5-7-22/h4-7,19,21H,8-18H2,1-3H3. The van der Waals surface area contributed by atoms with Crippen molar-refractivity contribution in [3.8, 4) is 0 Å². The van der Waals surface area contributed by atoms with Gasteiger partial charge >= 0.3 is 0 Å². The number of nitrogens with zero attached hydrogens (tertiary/aromatic N) is 3. The first-order valence-corrected chi connectivity index (χ1v) is 10.8. The summed E-state index contributed by atoms with van der Waals surface area (Å²) >= 11 is 0. The summed E-state index contributed by atoms with van der Waals surface area (Å²) < 4.78 is 0. The maximum absolute atomic E-state index is 2.71. The van der Waals surface area contributed by atoms with Gasteiger partial charge in [-0.25, -0.2) is 0 Å². The molecule has 144 valence electrons. The summed E-state index contributed by atoms with van der Waals surface area (Å²) in [5.74, 6) is 1.87. The van der Waals surface area contributed by atoms with Gasteiger partial charge in [0.1, 0.15) is 0 Å². The lowest BCUT2D eigenvalue weighted by Crippen LogP contribution is -2.61. The van der Waals surface area contributed by atoms with Gasteiger partial charge in [0.2, 0.25) is 0 Å². The van der Waals surface area contributed by atoms with Crippen LogP contribution in [0.1, 0.15) is 45.1 Å². The molecule has 1 spiro atoms. The normalized spacial score (nSPS) is 25.0. The molecule has 2 saturated heterocycles. The van der Waals surface area contributed by atoms with Gasteiger partial charge < -0.3 is 4.90 Å². The first-order chi connectivity index (χ1) is 12.5. The topological polar surface area (TPSA) is 9.72 Å². The minimum atomic E-state index is 0.690. The summed E-state index contributed by atoms with van der Waals surface area (Å²) in [6, 6.07) is 9.01. The lowest BCUT2D eigenvalue weighted by Gasteiger charge is -2.55. The van der Waals surface area contributed by atoms with E-state index in [-0.39, 0.29) is 0 Å². The molecule has 0 aromatic heterocycles. The van der Waals surface area contributed by atoms with E-state index in [9.17, 15) is 0 Å². The van der Waals surface area contributed by atoms with Gasteiger partial charge in [-0.3, -0.25) is 9.80 Å². The molecule has 0 unspecified atom stereocenters. The van der Waals surface area contributed by atoms with Crippen molar-refractivity contribution in [2.75, 3.05) is 50.8 Å². The SMILES string of the molecule is Cc1ccc(N2CCN(CN3CC4(CCC(C(C)C)CC4)C3)CC2)cc1. The van der Waals surface area contributed by atoms with Crippen LogP contribution in [0.5, 0.6) is 0 Å². The van der Waals surface area contributed by atoms with Crippen LogP contribution < -0.4 is 4.90 Å². The van der Waals surface area contributed by atoms with Gasteiger partial charge in [0.15, 0.2) is 0 Å². The Balaban J connectivity index is 1.19. The van der Waals surface area contributed by atoms with Crippen molar-refractivity contribution in [3.63, 3.8) is 0 Å². The second-order valence-corrected chi connectivity index (χ2v) is 9.65. The number of hydrogen-bond donors (Lipinski definition) is 0. The van der Waals surface area contributed by atoms with Crippen molar-refractivity contribution in [2.45, 2.75) is 46.5 Å². The van der Waals surface area contributed by atoms with Gasteiger partial charge in [-0.2, -0.15) is 0 Å². The Labute approximate surface area is 160 Å². The van der Waals surface area contributed by atoms with Crippen LogP contribution in [0.4, 0.5) is 5.69 Å². The fourth-order valence-corrected chi connectivity index (χ4v) is 5.42. The van der Waals surface area contributed by atoms with E-state index in [1.54, 1.807) is 0 Å². The van der Waals surface area contributed by atoms with E-state index in [4.69, 9.17) is 0 Å². The van der Waals surface area contributed by atoms with E-state index in [1.807, 2.05) is 0 Å². The van der Waals surface area contributed by atoms with Crippen molar-refractivity contribution in [3.05, 3.63) is 29.8 Å². The van der Waals surface area contributed by atoms with E-state index in [2.05, 4.69) is 59.7 Å². The minimum Gasteiger partial charge on any atom is -0.369 e. The Morgan fingerprint density at radius 3 is 2.12 bits per heavy atom. The molecule has 1 saturated carbocycles. The van der Waals surface area contributed by atoms with E-state index >= 15 is 0 Å². The highest BCUT2D eigenvalue weighted by Crippen LogP contribution is 2.47. The molecule has 1 aromatic rings. The average molecular weight is 356 g/mol. The summed E-state index contributed by atoms with van der Waals surface area (Å²) in [5, 5.41) is 0. The van der Waals surface area contributed by atoms with Gasteiger partial charge in [-0.05, 0) is 62.0 Å². The predicted octanol–water partition coefficient (Wildman–Crippen LogP) is 4.22. The quantitative estimate of drug-likeness (QED) is 0.800. The second kappa shape index (κ2) is 7.52. The summed E-state index contributed by atoms with van der Waals surface area (Å²) in [7, 11) is 0. The van der Waals surface area contributed by atoms with Crippen molar-refractivity contribution in [2.24, 2.45) is 17.3 Å². The average Bonchev–Trinajstić information content (AvgIpc) is 2.62. The number of benzene rings is 1. The van der Waals surface area contributed by atoms with Crippen molar-refractivity contribution in [1.29, 1.82) is 0 Å². The molecule has 3 fully saturated rings. The van der Waals surface area contributed by atoms with E-state index in [0.717, 1.165) is 24.9 Å². The third-order valence-corrected chi connectivity index (χ3v) is 7.32. The van der Waals surface area contributed by atoms with Gasteiger partial charge in [0.05, 0.1) is 6.67 Å². The molecule has 0 amide bonds. The molecule has 26 heavy (non-hydrogen) atoms. The molecule has 0 radical (unpaired) electrons. The molecule has 4 rings (SSSR count). The number of hydrogen-bond acceptors (Lipinski definition) is 3. The monoisotopic (exact) mass is 355 g/mol. The number of anilines is 1. The van der Waals surface area contributed by atoms with Crippen LogP contribution in [0.2, 0.25) is 0 Å². The number of aryl methyl sites for hydroxylation is 1. The zero-order valence-corrected chi connectivity index (χ0v) is 17.1. The largest absolute Gasteiger partial charge is 0.369 e. The first kappa shape index (κ1) is 18.3. The Morgan fingerprint density at radius 1 is 0.923 bits per heavy atom. The summed E-state index contributed by atoms with van der Waals surface area (Å²) in [4.78, 5) is 7.91. The molecular weight excluding hydrogens is 318 g/mol. The number of likely N-dealkylation sites (tertiary alicyclic amines) is 1. The maximum atomic E-state index is 2.71. The van der Waals surface area contributed by atoms with Crippen molar-refractivity contribution >= 4 is 5.69 Å². The predicted molar refractivity (Wildman–Crippen MR) is 111 cm³/mol. The zero-order chi connectivity index (χ0) is 18.1. The molecule has 3 aliphatic rings. The number of rotatable bonds is 4. The Morgan fingerprint density at radius 2 is 1.54 bits per heavy atom. The van der Waals surface area contributed by atoms with Gasteiger partial charge in [-0.15, -0.1) is 0 Å². The molecule has 3 heteroatoms. The van der Waals surface area contributed by atoms with Gasteiger partial charge in [0.25, 0.3) is 0 Å². The smallest absolute Gasteiger partial charge is 0.0508 e. The Bertz CT molecular complexity index is 570. The minimum absolute atomic E-state index is 0.690. The fraction of sp³-hybridized carbons (Fsp3) is 0.739. The van der Waals surface area contributed by atoms with Crippen LogP contribution in [0, 0.1) is 24.2 Å². The molecule has 1 aromatic carbocycles. The summed E-state index contributed by atoms with van der Waals surface area (Å²) in [5.41, 5.74) is 3.43. The zero-order valence-electron chi connectivity index (χ0n) is 17.1. The van der Waals surface area contributed by atoms with Gasteiger partial charge in [0, 0.05) is 45.0 Å². The highest BCUT2D eigenvalue weighted by atomic mass is 15.4. The molecule has 2 aliphatic heterocycles. The molecule has 0 atom stereocenters. The Kier molecular flexibility index (Phi) is 5.29. The highest BCUT2D eigenvalue weighted by Gasteiger charge is 2.45. The molecule has 0 N–H and O–H groups in total. The van der Waals surface area contributed by atoms with Crippen molar-refractivity contribution in [1.82, 2.24) is 9.80 Å². The van der Waals surface area contributed by atoms with Crippen molar-refractivity contribution < 1.29 is 0 Å². The van der Waals surface area contributed by atoms with Crippen LogP contribution in [-0.4, -0.2) is 55.7 Å². The third-order valence-electron chi connectivity index (χ3n) is 7.32. The maximum Gasteiger partial charge on any atom is 0.0508 e. The summed E-state index contributed by atoms with van der Waals surface area (Å²) in [6.45, 7) is 15.6. The second-order valence-electron chi connectivity index (χ2n) is 9.65. The van der Waals surface area contributed by atoms with E-state index in [0.29, 0.717) is 5.41 Å². The highest BCUT2D eigenvalue weighted by molar-refractivity contribution is 5.47. The molecular formula is C23H37N3. The van der Waals surface area contributed by atoms with Gasteiger partial charge in [-0.1, -0.05) is 31.5 Å². The molecule has 1 aliphatic carbocycles. The summed E-state index contributed by atoms with van der Waals surface area (Å²) in [6.07, 6.45) is 5.91. The molecule has 2 heterocycles. The van der Waals surface area contributed by atoms with Crippen LogP contribution in [0.3, 0.4) is 0 Å². The third kappa shape index (κ3) is 3.94. The first-order valence-electron chi connectivity index (χ1n) is 10.8. The van der Waals surface area contributed by atoms with Crippen LogP contribution in [0.25, 0.3) is 0 Å². The van der Waals surface area contributed by atoms with E-state index < -0.39 is 0 Å². The van der Waals surface area contributed by atoms with Crippen LogP contribution >= 0.6 is 0 Å². The lowest BCUT2D eigenvalue weighted by molar-refractivity contribution is -0.0684. The van der Waals surface area contributed by atoms with E-state index in [1.165, 1.54) is 69.8 Å². The van der Waals surface area contributed by atoms with Crippen LogP contribution in [0.15, 0.2) is 24.3 Å². The number of piperazine rings is 1. The molecule has 3 nitrogen and oxygen atoms in total.